The number of hydrogen-bond donors (Lipinski definition) is 0. The van der Waals surface area contributed by atoms with Crippen LogP contribution in [0, 0.1) is 6.92 Å². The Hall–Kier alpha value is -3.12. The number of rotatable bonds is 6. The second-order valence-electron chi connectivity index (χ2n) is 7.14. The van der Waals surface area contributed by atoms with Gasteiger partial charge in [-0.3, -0.25) is 4.79 Å². The number of halogens is 1. The Labute approximate surface area is 178 Å². The summed E-state index contributed by atoms with van der Waals surface area (Å²) in [5, 5.41) is 1.10. The molecule has 0 saturated carbocycles. The van der Waals surface area contributed by atoms with Gasteiger partial charge in [0.2, 0.25) is 0 Å². The SMILES string of the molecule is Cc1cc(=O)oc2cc(OC(=O)c3cccc(Cl)c3)c(CCC(=O)OC(C)C)cc12. The number of fused-ring (bicyclic) bond motifs is 1. The fourth-order valence-electron chi connectivity index (χ4n) is 3.01. The van der Waals surface area contributed by atoms with Crippen molar-refractivity contribution in [2.75, 3.05) is 0 Å². The van der Waals surface area contributed by atoms with Crippen LogP contribution in [0.1, 0.15) is 41.8 Å². The topological polar surface area (TPSA) is 82.8 Å². The van der Waals surface area contributed by atoms with Crippen LogP contribution in [0.25, 0.3) is 11.0 Å². The minimum Gasteiger partial charge on any atom is -0.463 e. The molecule has 3 rings (SSSR count). The molecule has 0 radical (unpaired) electrons. The average molecular weight is 429 g/mol. The Morgan fingerprint density at radius 2 is 1.90 bits per heavy atom. The zero-order valence-corrected chi connectivity index (χ0v) is 17.6. The molecule has 0 bridgehead atoms. The molecule has 0 aliphatic heterocycles. The van der Waals surface area contributed by atoms with Gasteiger partial charge in [0.15, 0.2) is 0 Å². The van der Waals surface area contributed by atoms with Crippen LogP contribution in [0.15, 0.2) is 51.7 Å². The summed E-state index contributed by atoms with van der Waals surface area (Å²) in [7, 11) is 0. The van der Waals surface area contributed by atoms with Crippen molar-refractivity contribution in [1.29, 1.82) is 0 Å². The maximum Gasteiger partial charge on any atom is 0.343 e. The fraction of sp³-hybridized carbons (Fsp3) is 0.261. The van der Waals surface area contributed by atoms with Crippen molar-refractivity contribution in [2.24, 2.45) is 0 Å². The lowest BCUT2D eigenvalue weighted by Gasteiger charge is -2.13. The summed E-state index contributed by atoms with van der Waals surface area (Å²) in [4.78, 5) is 36.3. The highest BCUT2D eigenvalue weighted by Gasteiger charge is 2.17. The van der Waals surface area contributed by atoms with E-state index in [9.17, 15) is 14.4 Å². The molecule has 2 aromatic carbocycles. The van der Waals surface area contributed by atoms with Crippen LogP contribution in [0.3, 0.4) is 0 Å². The molecule has 6 nitrogen and oxygen atoms in total. The molecule has 1 aromatic heterocycles. The van der Waals surface area contributed by atoms with E-state index < -0.39 is 11.6 Å². The molecule has 0 unspecified atom stereocenters. The zero-order valence-electron chi connectivity index (χ0n) is 16.9. The van der Waals surface area contributed by atoms with Gasteiger partial charge in [-0.2, -0.15) is 0 Å². The monoisotopic (exact) mass is 428 g/mol. The second-order valence-corrected chi connectivity index (χ2v) is 7.58. The van der Waals surface area contributed by atoms with Crippen LogP contribution in [0.4, 0.5) is 0 Å². The van der Waals surface area contributed by atoms with Gasteiger partial charge in [0, 0.05) is 29.0 Å². The Balaban J connectivity index is 1.97. The molecule has 0 N–H and O–H groups in total. The van der Waals surface area contributed by atoms with Crippen molar-refractivity contribution in [3.05, 3.63) is 74.6 Å². The van der Waals surface area contributed by atoms with Crippen LogP contribution in [-0.2, 0) is 16.0 Å². The Morgan fingerprint density at radius 1 is 1.13 bits per heavy atom. The summed E-state index contributed by atoms with van der Waals surface area (Å²) >= 11 is 5.95. The maximum atomic E-state index is 12.6. The van der Waals surface area contributed by atoms with Crippen molar-refractivity contribution in [3.8, 4) is 5.75 Å². The third kappa shape index (κ3) is 5.27. The van der Waals surface area contributed by atoms with E-state index in [1.54, 1.807) is 45.0 Å². The third-order valence-electron chi connectivity index (χ3n) is 4.36. The van der Waals surface area contributed by atoms with E-state index in [0.29, 0.717) is 21.6 Å². The summed E-state index contributed by atoms with van der Waals surface area (Å²) in [6.07, 6.45) is 0.185. The summed E-state index contributed by atoms with van der Waals surface area (Å²) in [6.45, 7) is 5.34. The molecule has 0 atom stereocenters. The van der Waals surface area contributed by atoms with Crippen molar-refractivity contribution in [2.45, 2.75) is 39.7 Å². The average Bonchev–Trinajstić information content (AvgIpc) is 2.66. The highest BCUT2D eigenvalue weighted by atomic mass is 35.5. The fourth-order valence-corrected chi connectivity index (χ4v) is 3.20. The first kappa shape index (κ1) is 21.6. The van der Waals surface area contributed by atoms with E-state index in [-0.39, 0.29) is 36.2 Å². The summed E-state index contributed by atoms with van der Waals surface area (Å²) in [5.74, 6) is -0.759. The molecule has 0 fully saturated rings. The number of ether oxygens (including phenoxy) is 2. The first-order valence-electron chi connectivity index (χ1n) is 9.47. The van der Waals surface area contributed by atoms with E-state index in [1.807, 2.05) is 0 Å². The lowest BCUT2D eigenvalue weighted by Crippen LogP contribution is -2.13. The first-order chi connectivity index (χ1) is 14.2. The van der Waals surface area contributed by atoms with Gasteiger partial charge in [-0.05, 0) is 62.6 Å². The Morgan fingerprint density at radius 3 is 2.60 bits per heavy atom. The quantitative estimate of drug-likeness (QED) is 0.317. The van der Waals surface area contributed by atoms with E-state index in [0.717, 1.165) is 5.56 Å². The van der Waals surface area contributed by atoms with E-state index in [4.69, 9.17) is 25.5 Å². The number of aryl methyl sites for hydroxylation is 2. The standard InChI is InChI=1S/C23H21ClO6/c1-13(2)28-21(25)8-7-15-11-18-14(3)9-22(26)29-20(18)12-19(15)30-23(27)16-5-4-6-17(24)10-16/h4-6,9-13H,7-8H2,1-3H3. The Kier molecular flexibility index (Phi) is 6.57. The summed E-state index contributed by atoms with van der Waals surface area (Å²) in [6, 6.07) is 11.0. The molecule has 156 valence electrons. The molecule has 7 heteroatoms. The summed E-state index contributed by atoms with van der Waals surface area (Å²) in [5.41, 5.74) is 1.41. The van der Waals surface area contributed by atoms with Gasteiger partial charge in [-0.25, -0.2) is 9.59 Å². The predicted molar refractivity (Wildman–Crippen MR) is 113 cm³/mol. The van der Waals surface area contributed by atoms with Crippen LogP contribution in [-0.4, -0.2) is 18.0 Å². The minimum atomic E-state index is -0.613. The van der Waals surface area contributed by atoms with Gasteiger partial charge < -0.3 is 13.9 Å². The molecule has 0 aliphatic rings. The van der Waals surface area contributed by atoms with Crippen molar-refractivity contribution >= 4 is 34.5 Å². The highest BCUT2D eigenvalue weighted by molar-refractivity contribution is 6.30. The lowest BCUT2D eigenvalue weighted by atomic mass is 10.0. The Bertz CT molecular complexity index is 1160. The predicted octanol–water partition coefficient (Wildman–Crippen LogP) is 4.86. The largest absolute Gasteiger partial charge is 0.463 e. The third-order valence-corrected chi connectivity index (χ3v) is 4.60. The smallest absolute Gasteiger partial charge is 0.343 e. The zero-order chi connectivity index (χ0) is 21.8. The van der Waals surface area contributed by atoms with Crippen LogP contribution >= 0.6 is 11.6 Å². The van der Waals surface area contributed by atoms with E-state index in [1.165, 1.54) is 18.2 Å². The number of carbonyl (C=O) groups is 2. The van der Waals surface area contributed by atoms with Gasteiger partial charge in [-0.15, -0.1) is 0 Å². The van der Waals surface area contributed by atoms with Crippen LogP contribution in [0.5, 0.6) is 5.75 Å². The lowest BCUT2D eigenvalue weighted by molar-refractivity contribution is -0.147. The molecule has 0 aliphatic carbocycles. The number of hydrogen-bond acceptors (Lipinski definition) is 6. The molecule has 30 heavy (non-hydrogen) atoms. The second kappa shape index (κ2) is 9.13. The van der Waals surface area contributed by atoms with Crippen molar-refractivity contribution < 1.29 is 23.5 Å². The van der Waals surface area contributed by atoms with E-state index in [2.05, 4.69) is 0 Å². The first-order valence-corrected chi connectivity index (χ1v) is 9.85. The van der Waals surface area contributed by atoms with Crippen molar-refractivity contribution in [1.82, 2.24) is 0 Å². The van der Waals surface area contributed by atoms with E-state index >= 15 is 0 Å². The van der Waals surface area contributed by atoms with Crippen LogP contribution in [0.2, 0.25) is 5.02 Å². The minimum absolute atomic E-state index is 0.112. The number of esters is 2. The van der Waals surface area contributed by atoms with Gasteiger partial charge >= 0.3 is 17.6 Å². The van der Waals surface area contributed by atoms with Crippen molar-refractivity contribution in [3.63, 3.8) is 0 Å². The molecule has 0 amide bonds. The molecular weight excluding hydrogens is 408 g/mol. The number of carbonyl (C=O) groups excluding carboxylic acids is 2. The van der Waals surface area contributed by atoms with Gasteiger partial charge in [-0.1, -0.05) is 17.7 Å². The molecule has 1 heterocycles. The molecule has 3 aromatic rings. The van der Waals surface area contributed by atoms with Gasteiger partial charge in [0.25, 0.3) is 0 Å². The summed E-state index contributed by atoms with van der Waals surface area (Å²) < 4.78 is 16.0. The molecule has 0 spiro atoms. The highest BCUT2D eigenvalue weighted by Crippen LogP contribution is 2.29. The molecule has 0 saturated heterocycles. The van der Waals surface area contributed by atoms with Crippen LogP contribution < -0.4 is 10.4 Å². The molecular formula is C23H21ClO6. The maximum absolute atomic E-state index is 12.6. The van der Waals surface area contributed by atoms with Gasteiger partial charge in [0.05, 0.1) is 11.7 Å². The number of benzene rings is 2. The van der Waals surface area contributed by atoms with Gasteiger partial charge in [0.1, 0.15) is 11.3 Å². The normalized spacial score (nSPS) is 11.0.